The van der Waals surface area contributed by atoms with E-state index in [1.54, 1.807) is 0 Å². The molecule has 0 N–H and O–H groups in total. The molecule has 0 aromatic heterocycles. The van der Waals surface area contributed by atoms with Crippen molar-refractivity contribution >= 4 is 0 Å². The topological polar surface area (TPSA) is 9.23 Å². The zero-order valence-corrected chi connectivity index (χ0v) is 17.3. The second-order valence-corrected chi connectivity index (χ2v) is 9.15. The average molecular weight is 327 g/mol. The highest BCUT2D eigenvalue weighted by Gasteiger charge is 2.22. The minimum atomic E-state index is 0.337. The first-order chi connectivity index (χ1) is 10.8. The lowest BCUT2D eigenvalue weighted by atomic mass is 9.86. The predicted octanol–water partition coefficient (Wildman–Crippen LogP) is 7.78. The lowest BCUT2D eigenvalue weighted by Gasteiger charge is -2.29. The Bertz CT molecular complexity index is 229. The van der Waals surface area contributed by atoms with Crippen LogP contribution in [0.5, 0.6) is 0 Å². The Kier molecular flexibility index (Phi) is 13.3. The number of rotatable bonds is 16. The predicted molar refractivity (Wildman–Crippen MR) is 105 cm³/mol. The largest absolute Gasteiger partial charge is 0.380 e. The number of hydrogen-bond donors (Lipinski definition) is 0. The van der Waals surface area contributed by atoms with Crippen molar-refractivity contribution < 1.29 is 4.74 Å². The van der Waals surface area contributed by atoms with Gasteiger partial charge in [0.05, 0.1) is 13.2 Å². The highest BCUT2D eigenvalue weighted by molar-refractivity contribution is 4.71. The Hall–Kier alpha value is -0.0400. The Labute approximate surface area is 148 Å². The molecule has 0 radical (unpaired) electrons. The van der Waals surface area contributed by atoms with Gasteiger partial charge < -0.3 is 4.74 Å². The van der Waals surface area contributed by atoms with Crippen LogP contribution in [0.15, 0.2) is 0 Å². The molecule has 0 aromatic rings. The molecule has 1 heteroatoms. The number of hydrogen-bond acceptors (Lipinski definition) is 1. The third-order valence-corrected chi connectivity index (χ3v) is 4.90. The maximum absolute atomic E-state index is 6.12. The Morgan fingerprint density at radius 1 is 0.522 bits per heavy atom. The van der Waals surface area contributed by atoms with E-state index in [-0.39, 0.29) is 0 Å². The van der Waals surface area contributed by atoms with Crippen molar-refractivity contribution in [2.24, 2.45) is 10.8 Å². The van der Waals surface area contributed by atoms with E-state index in [1.165, 1.54) is 77.0 Å². The van der Waals surface area contributed by atoms with Crippen LogP contribution in [-0.2, 0) is 4.74 Å². The van der Waals surface area contributed by atoms with Crippen molar-refractivity contribution in [3.05, 3.63) is 0 Å². The van der Waals surface area contributed by atoms with E-state index < -0.39 is 0 Å². The van der Waals surface area contributed by atoms with Crippen LogP contribution in [0.4, 0.5) is 0 Å². The average Bonchev–Trinajstić information content (AvgIpc) is 2.46. The molecule has 0 unspecified atom stereocenters. The maximum atomic E-state index is 6.12. The van der Waals surface area contributed by atoms with E-state index in [4.69, 9.17) is 4.74 Å². The van der Waals surface area contributed by atoms with Gasteiger partial charge in [-0.05, 0) is 23.7 Å². The molecular formula is C22H46O. The van der Waals surface area contributed by atoms with Gasteiger partial charge in [-0.15, -0.1) is 0 Å². The van der Waals surface area contributed by atoms with Gasteiger partial charge in [-0.25, -0.2) is 0 Å². The normalized spacial score (nSPS) is 12.8. The van der Waals surface area contributed by atoms with Crippen LogP contribution in [0.3, 0.4) is 0 Å². The lowest BCUT2D eigenvalue weighted by molar-refractivity contribution is 0.00810. The fraction of sp³-hybridized carbons (Fsp3) is 1.00. The minimum absolute atomic E-state index is 0.337. The van der Waals surface area contributed by atoms with Gasteiger partial charge in [0, 0.05) is 0 Å². The summed E-state index contributed by atoms with van der Waals surface area (Å²) in [5, 5.41) is 0. The molecule has 0 aliphatic heterocycles. The maximum Gasteiger partial charge on any atom is 0.0517 e. The van der Waals surface area contributed by atoms with Crippen molar-refractivity contribution in [1.82, 2.24) is 0 Å². The van der Waals surface area contributed by atoms with Gasteiger partial charge in [-0.3, -0.25) is 0 Å². The van der Waals surface area contributed by atoms with Gasteiger partial charge in [0.15, 0.2) is 0 Å². The molecule has 0 spiro atoms. The van der Waals surface area contributed by atoms with Gasteiger partial charge >= 0.3 is 0 Å². The van der Waals surface area contributed by atoms with Crippen LogP contribution < -0.4 is 0 Å². The Morgan fingerprint density at radius 3 is 1.22 bits per heavy atom. The second-order valence-electron chi connectivity index (χ2n) is 9.15. The molecule has 1 nitrogen and oxygen atoms in total. The molecule has 0 aliphatic rings. The molecule has 23 heavy (non-hydrogen) atoms. The van der Waals surface area contributed by atoms with E-state index in [1.807, 2.05) is 0 Å². The number of ether oxygens (including phenoxy) is 1. The third-order valence-electron chi connectivity index (χ3n) is 4.90. The minimum Gasteiger partial charge on any atom is -0.380 e. The van der Waals surface area contributed by atoms with Crippen molar-refractivity contribution in [1.29, 1.82) is 0 Å². The van der Waals surface area contributed by atoms with Gasteiger partial charge in [0.1, 0.15) is 0 Å². The van der Waals surface area contributed by atoms with Gasteiger partial charge in [-0.2, -0.15) is 0 Å². The van der Waals surface area contributed by atoms with E-state index in [2.05, 4.69) is 41.5 Å². The molecule has 0 heterocycles. The Balaban J connectivity index is 3.74. The zero-order chi connectivity index (χ0) is 17.6. The van der Waals surface area contributed by atoms with E-state index >= 15 is 0 Å². The first kappa shape index (κ1) is 23.0. The summed E-state index contributed by atoms with van der Waals surface area (Å²) in [6.45, 7) is 15.9. The lowest BCUT2D eigenvalue weighted by Crippen LogP contribution is -2.25. The summed E-state index contributed by atoms with van der Waals surface area (Å²) >= 11 is 0. The summed E-state index contributed by atoms with van der Waals surface area (Å²) in [5.41, 5.74) is 0.673. The van der Waals surface area contributed by atoms with Crippen molar-refractivity contribution in [2.45, 2.75) is 119 Å². The van der Waals surface area contributed by atoms with Crippen LogP contribution in [0, 0.1) is 10.8 Å². The monoisotopic (exact) mass is 326 g/mol. The molecule has 0 atom stereocenters. The van der Waals surface area contributed by atoms with Crippen molar-refractivity contribution in [3.63, 3.8) is 0 Å². The molecule has 0 rings (SSSR count). The first-order valence-electron chi connectivity index (χ1n) is 10.4. The summed E-state index contributed by atoms with van der Waals surface area (Å²) < 4.78 is 6.12. The molecule has 0 aromatic carbocycles. The van der Waals surface area contributed by atoms with Crippen LogP contribution in [0.25, 0.3) is 0 Å². The fourth-order valence-corrected chi connectivity index (χ4v) is 3.16. The molecule has 0 amide bonds. The second kappa shape index (κ2) is 13.3. The molecule has 0 saturated carbocycles. The molecule has 0 aliphatic carbocycles. The van der Waals surface area contributed by atoms with Gasteiger partial charge in [0.25, 0.3) is 0 Å². The summed E-state index contributed by atoms with van der Waals surface area (Å²) in [6.07, 6.45) is 16.3. The van der Waals surface area contributed by atoms with Crippen LogP contribution in [-0.4, -0.2) is 13.2 Å². The summed E-state index contributed by atoms with van der Waals surface area (Å²) in [5.74, 6) is 0. The molecule has 0 bridgehead atoms. The van der Waals surface area contributed by atoms with E-state index in [0.29, 0.717) is 10.8 Å². The SMILES string of the molecule is CCCCCCCC(C)(C)COCC(C)(C)CCCCCCC. The zero-order valence-electron chi connectivity index (χ0n) is 17.3. The standard InChI is InChI=1S/C22H46O/c1-7-9-11-13-15-17-21(3,4)19-23-20-22(5,6)18-16-14-12-10-8-2/h7-20H2,1-6H3. The van der Waals surface area contributed by atoms with E-state index in [0.717, 1.165) is 13.2 Å². The third kappa shape index (κ3) is 15.2. The summed E-state index contributed by atoms with van der Waals surface area (Å²) in [7, 11) is 0. The Morgan fingerprint density at radius 2 is 0.870 bits per heavy atom. The summed E-state index contributed by atoms with van der Waals surface area (Å²) in [6, 6.07) is 0. The highest BCUT2D eigenvalue weighted by Crippen LogP contribution is 2.28. The summed E-state index contributed by atoms with van der Waals surface area (Å²) in [4.78, 5) is 0. The smallest absolute Gasteiger partial charge is 0.0517 e. The van der Waals surface area contributed by atoms with Crippen molar-refractivity contribution in [3.8, 4) is 0 Å². The van der Waals surface area contributed by atoms with Gasteiger partial charge in [0.2, 0.25) is 0 Å². The van der Waals surface area contributed by atoms with Gasteiger partial charge in [-0.1, -0.05) is 106 Å². The van der Waals surface area contributed by atoms with Crippen LogP contribution in [0.2, 0.25) is 0 Å². The molecule has 140 valence electrons. The quantitative estimate of drug-likeness (QED) is 0.263. The van der Waals surface area contributed by atoms with Crippen LogP contribution >= 0.6 is 0 Å². The first-order valence-corrected chi connectivity index (χ1v) is 10.4. The molecule has 0 saturated heterocycles. The van der Waals surface area contributed by atoms with E-state index in [9.17, 15) is 0 Å². The van der Waals surface area contributed by atoms with Crippen LogP contribution in [0.1, 0.15) is 119 Å². The number of unbranched alkanes of at least 4 members (excludes halogenated alkanes) is 8. The molecular weight excluding hydrogens is 280 g/mol. The highest BCUT2D eigenvalue weighted by atomic mass is 16.5. The van der Waals surface area contributed by atoms with Crippen molar-refractivity contribution in [2.75, 3.05) is 13.2 Å². The fourth-order valence-electron chi connectivity index (χ4n) is 3.16. The molecule has 0 fully saturated rings.